The number of primary amides is 1. The average Bonchev–Trinajstić information content (AvgIpc) is 3.16. The van der Waals surface area contributed by atoms with E-state index < -0.39 is 5.91 Å². The Kier molecular flexibility index (Phi) is 4.02. The molecule has 0 aliphatic heterocycles. The van der Waals surface area contributed by atoms with Gasteiger partial charge in [-0.15, -0.1) is 0 Å². The molecule has 1 aromatic carbocycles. The first-order valence-electron chi connectivity index (χ1n) is 6.99. The molecular weight excluding hydrogens is 316 g/mol. The molecule has 0 bridgehead atoms. The van der Waals surface area contributed by atoms with Crippen LogP contribution in [0.5, 0.6) is 0 Å². The molecule has 2 heterocycles. The van der Waals surface area contributed by atoms with E-state index in [0.717, 1.165) is 23.7 Å². The number of benzene rings is 1. The summed E-state index contributed by atoms with van der Waals surface area (Å²) < 4.78 is 9.59. The van der Waals surface area contributed by atoms with Crippen LogP contribution in [0.15, 0.2) is 24.4 Å². The summed E-state index contributed by atoms with van der Waals surface area (Å²) in [6.45, 7) is 2.71. The van der Waals surface area contributed by atoms with Crippen molar-refractivity contribution in [3.8, 4) is 0 Å². The fourth-order valence-electron chi connectivity index (χ4n) is 2.26. The zero-order valence-electron chi connectivity index (χ0n) is 12.3. The number of hydrogen-bond donors (Lipinski definition) is 2. The number of nitrogens with two attached hydrogens (primary N) is 1. The van der Waals surface area contributed by atoms with E-state index in [9.17, 15) is 9.59 Å². The summed E-state index contributed by atoms with van der Waals surface area (Å²) in [5.74, 6) is -0.487. The SMILES string of the molecule is CCCn1c(NC(=O)c2cnsn2)nc2cc(C(N)=O)ccc21. The number of carbonyl (C=O) groups is 2. The lowest BCUT2D eigenvalue weighted by Crippen LogP contribution is -2.16. The van der Waals surface area contributed by atoms with E-state index in [0.29, 0.717) is 23.6 Å². The van der Waals surface area contributed by atoms with Gasteiger partial charge in [-0.05, 0) is 24.6 Å². The van der Waals surface area contributed by atoms with E-state index in [1.807, 2.05) is 11.5 Å². The molecule has 0 fully saturated rings. The lowest BCUT2D eigenvalue weighted by Gasteiger charge is -2.07. The van der Waals surface area contributed by atoms with Crippen molar-refractivity contribution in [2.45, 2.75) is 19.9 Å². The molecule has 2 aromatic heterocycles. The van der Waals surface area contributed by atoms with Crippen LogP contribution in [0.1, 0.15) is 34.2 Å². The van der Waals surface area contributed by atoms with Crippen LogP contribution in [-0.4, -0.2) is 30.1 Å². The van der Waals surface area contributed by atoms with E-state index in [1.54, 1.807) is 18.2 Å². The molecule has 3 aromatic rings. The lowest BCUT2D eigenvalue weighted by atomic mass is 10.2. The number of fused-ring (bicyclic) bond motifs is 1. The Bertz CT molecular complexity index is 871. The molecular formula is C14H14N6O2S. The molecule has 0 spiro atoms. The molecule has 3 N–H and O–H groups in total. The molecule has 8 nitrogen and oxygen atoms in total. The summed E-state index contributed by atoms with van der Waals surface area (Å²) in [6.07, 6.45) is 2.27. The summed E-state index contributed by atoms with van der Waals surface area (Å²) in [4.78, 5) is 27.9. The van der Waals surface area contributed by atoms with Gasteiger partial charge in [0.15, 0.2) is 5.69 Å². The third-order valence-electron chi connectivity index (χ3n) is 3.30. The maximum absolute atomic E-state index is 12.1. The van der Waals surface area contributed by atoms with E-state index >= 15 is 0 Å². The third-order valence-corrected chi connectivity index (χ3v) is 3.78. The third kappa shape index (κ3) is 2.90. The lowest BCUT2D eigenvalue weighted by molar-refractivity contribution is 0.0997. The average molecular weight is 330 g/mol. The first-order chi connectivity index (χ1) is 11.1. The number of nitrogens with zero attached hydrogens (tertiary/aromatic N) is 4. The predicted molar refractivity (Wildman–Crippen MR) is 86.4 cm³/mol. The molecule has 9 heteroatoms. The van der Waals surface area contributed by atoms with E-state index in [-0.39, 0.29) is 11.6 Å². The largest absolute Gasteiger partial charge is 0.366 e. The topological polar surface area (TPSA) is 116 Å². The van der Waals surface area contributed by atoms with Crippen LogP contribution in [-0.2, 0) is 6.54 Å². The Morgan fingerprint density at radius 1 is 1.39 bits per heavy atom. The Morgan fingerprint density at radius 2 is 2.22 bits per heavy atom. The number of carbonyl (C=O) groups excluding carboxylic acids is 2. The van der Waals surface area contributed by atoms with Crippen LogP contribution in [0.4, 0.5) is 5.95 Å². The number of nitrogens with one attached hydrogen (secondary N) is 1. The first kappa shape index (κ1) is 15.1. The maximum Gasteiger partial charge on any atom is 0.279 e. The van der Waals surface area contributed by atoms with Gasteiger partial charge in [-0.1, -0.05) is 6.92 Å². The number of imidazole rings is 1. The van der Waals surface area contributed by atoms with E-state index in [2.05, 4.69) is 19.0 Å². The second kappa shape index (κ2) is 6.13. The van der Waals surface area contributed by atoms with Gasteiger partial charge in [0.05, 0.1) is 29.0 Å². The van der Waals surface area contributed by atoms with Crippen LogP contribution < -0.4 is 11.1 Å². The van der Waals surface area contributed by atoms with Crippen LogP contribution in [0.3, 0.4) is 0 Å². The highest BCUT2D eigenvalue weighted by Gasteiger charge is 2.16. The highest BCUT2D eigenvalue weighted by Crippen LogP contribution is 2.22. The van der Waals surface area contributed by atoms with Gasteiger partial charge in [0, 0.05) is 12.1 Å². The number of aromatic nitrogens is 4. The second-order valence-electron chi connectivity index (χ2n) is 4.90. The molecule has 0 aliphatic rings. The van der Waals surface area contributed by atoms with Gasteiger partial charge in [-0.2, -0.15) is 8.75 Å². The number of aryl methyl sites for hydroxylation is 1. The Hall–Kier alpha value is -2.81. The van der Waals surface area contributed by atoms with Gasteiger partial charge in [-0.25, -0.2) is 4.98 Å². The normalized spacial score (nSPS) is 10.8. The molecule has 0 saturated heterocycles. The van der Waals surface area contributed by atoms with Crippen LogP contribution in [0, 0.1) is 0 Å². The van der Waals surface area contributed by atoms with Gasteiger partial charge in [0.25, 0.3) is 5.91 Å². The highest BCUT2D eigenvalue weighted by atomic mass is 32.1. The number of rotatable bonds is 5. The second-order valence-corrected chi connectivity index (χ2v) is 5.46. The molecule has 2 amide bonds. The molecule has 0 atom stereocenters. The molecule has 0 unspecified atom stereocenters. The smallest absolute Gasteiger partial charge is 0.279 e. The van der Waals surface area contributed by atoms with Crippen molar-refractivity contribution in [1.29, 1.82) is 0 Å². The van der Waals surface area contributed by atoms with Gasteiger partial charge >= 0.3 is 0 Å². The fraction of sp³-hybridized carbons (Fsp3) is 0.214. The van der Waals surface area contributed by atoms with Gasteiger partial charge < -0.3 is 10.3 Å². The summed E-state index contributed by atoms with van der Waals surface area (Å²) in [5.41, 5.74) is 7.33. The Labute approximate surface area is 135 Å². The zero-order valence-corrected chi connectivity index (χ0v) is 13.1. The van der Waals surface area contributed by atoms with Crippen LogP contribution in [0.25, 0.3) is 11.0 Å². The standard InChI is InChI=1S/C14H14N6O2S/c1-2-5-20-11-4-3-8(12(15)21)6-9(11)17-14(20)18-13(22)10-7-16-23-19-10/h3-4,6-7H,2,5H2,1H3,(H2,15,21)(H,17,18,22). The van der Waals surface area contributed by atoms with Crippen molar-refractivity contribution in [2.75, 3.05) is 5.32 Å². The summed E-state index contributed by atoms with van der Waals surface area (Å²) in [7, 11) is 0. The van der Waals surface area contributed by atoms with Crippen molar-refractivity contribution < 1.29 is 9.59 Å². The fourth-order valence-corrected chi connectivity index (χ4v) is 2.67. The van der Waals surface area contributed by atoms with Crippen LogP contribution >= 0.6 is 11.7 Å². The number of anilines is 1. The minimum atomic E-state index is -0.518. The van der Waals surface area contributed by atoms with Crippen molar-refractivity contribution in [3.05, 3.63) is 35.7 Å². The summed E-state index contributed by atoms with van der Waals surface area (Å²) in [6, 6.07) is 5.04. The molecule has 23 heavy (non-hydrogen) atoms. The quantitative estimate of drug-likeness (QED) is 0.738. The molecule has 118 valence electrons. The molecule has 0 saturated carbocycles. The highest BCUT2D eigenvalue weighted by molar-refractivity contribution is 6.99. The monoisotopic (exact) mass is 330 g/mol. The van der Waals surface area contributed by atoms with Gasteiger partial charge in [0.2, 0.25) is 11.9 Å². The first-order valence-corrected chi connectivity index (χ1v) is 7.72. The summed E-state index contributed by atoms with van der Waals surface area (Å²) in [5, 5.41) is 2.74. The molecule has 3 rings (SSSR count). The minimum Gasteiger partial charge on any atom is -0.366 e. The molecule has 0 radical (unpaired) electrons. The Morgan fingerprint density at radius 3 is 2.87 bits per heavy atom. The predicted octanol–water partition coefficient (Wildman–Crippen LogP) is 1.65. The maximum atomic E-state index is 12.1. The Balaban J connectivity index is 2.02. The van der Waals surface area contributed by atoms with E-state index in [1.165, 1.54) is 6.20 Å². The number of amides is 2. The summed E-state index contributed by atoms with van der Waals surface area (Å²) >= 11 is 0.964. The van der Waals surface area contributed by atoms with Crippen molar-refractivity contribution in [3.63, 3.8) is 0 Å². The minimum absolute atomic E-state index is 0.239. The zero-order chi connectivity index (χ0) is 16.4. The van der Waals surface area contributed by atoms with Gasteiger partial charge in [-0.3, -0.25) is 14.9 Å². The van der Waals surface area contributed by atoms with Crippen molar-refractivity contribution >= 4 is 40.5 Å². The van der Waals surface area contributed by atoms with Crippen LogP contribution in [0.2, 0.25) is 0 Å². The molecule has 0 aliphatic carbocycles. The number of hydrogen-bond acceptors (Lipinski definition) is 6. The van der Waals surface area contributed by atoms with Crippen molar-refractivity contribution in [1.82, 2.24) is 18.3 Å². The van der Waals surface area contributed by atoms with Crippen molar-refractivity contribution in [2.24, 2.45) is 5.73 Å². The van der Waals surface area contributed by atoms with Gasteiger partial charge in [0.1, 0.15) is 0 Å². The van der Waals surface area contributed by atoms with E-state index in [4.69, 9.17) is 5.73 Å².